The molecule has 0 aliphatic heterocycles. The van der Waals surface area contributed by atoms with Gasteiger partial charge in [-0.2, -0.15) is 0 Å². The van der Waals surface area contributed by atoms with Crippen LogP contribution >= 0.6 is 11.3 Å². The maximum atomic E-state index is 12.4. The summed E-state index contributed by atoms with van der Waals surface area (Å²) in [6, 6.07) is 2.65. The third-order valence-corrected chi connectivity index (χ3v) is 5.15. The monoisotopic (exact) mass is 279 g/mol. The molecule has 3 heteroatoms. The van der Waals surface area contributed by atoms with Crippen LogP contribution in [0.2, 0.25) is 0 Å². The van der Waals surface area contributed by atoms with Crippen LogP contribution in [0, 0.1) is 13.8 Å². The normalized spacial score (nSPS) is 17.7. The number of aryl methyl sites for hydroxylation is 2. The Morgan fingerprint density at radius 1 is 1.26 bits per heavy atom. The molecule has 0 amide bonds. The van der Waals surface area contributed by atoms with Crippen molar-refractivity contribution < 1.29 is 4.79 Å². The van der Waals surface area contributed by atoms with E-state index in [4.69, 9.17) is 0 Å². The molecule has 1 heterocycles. The van der Waals surface area contributed by atoms with Crippen LogP contribution < -0.4 is 0 Å². The highest BCUT2D eigenvalue weighted by atomic mass is 32.1. The molecule has 0 spiro atoms. The van der Waals surface area contributed by atoms with E-state index in [2.05, 4.69) is 25.8 Å². The number of carbonyl (C=O) groups is 1. The van der Waals surface area contributed by atoms with E-state index in [0.717, 1.165) is 10.4 Å². The van der Waals surface area contributed by atoms with Crippen molar-refractivity contribution in [2.45, 2.75) is 58.4 Å². The quantitative estimate of drug-likeness (QED) is 0.608. The molecule has 0 atom stereocenters. The molecule has 2 nitrogen and oxygen atoms in total. The number of thiophene rings is 1. The fraction of sp³-hybridized carbons (Fsp3) is 0.688. The first-order chi connectivity index (χ1) is 9.08. The molecule has 0 saturated heterocycles. The highest BCUT2D eigenvalue weighted by molar-refractivity contribution is 7.12. The third kappa shape index (κ3) is 3.90. The van der Waals surface area contributed by atoms with Crippen molar-refractivity contribution in [3.05, 3.63) is 21.4 Å². The van der Waals surface area contributed by atoms with E-state index in [1.807, 2.05) is 6.07 Å². The first-order valence-electron chi connectivity index (χ1n) is 7.38. The molecule has 0 radical (unpaired) electrons. The molecule has 1 aromatic heterocycles. The van der Waals surface area contributed by atoms with Crippen LogP contribution in [0.15, 0.2) is 6.07 Å². The lowest BCUT2D eigenvalue weighted by atomic mass is 10.1. The lowest BCUT2D eigenvalue weighted by Gasteiger charge is -2.26. The van der Waals surface area contributed by atoms with E-state index < -0.39 is 0 Å². The topological polar surface area (TPSA) is 20.3 Å². The van der Waals surface area contributed by atoms with Gasteiger partial charge in [0, 0.05) is 21.4 Å². The van der Waals surface area contributed by atoms with Crippen LogP contribution in [-0.2, 0) is 0 Å². The Morgan fingerprint density at radius 2 is 1.89 bits per heavy atom. The van der Waals surface area contributed by atoms with Crippen molar-refractivity contribution in [1.29, 1.82) is 0 Å². The summed E-state index contributed by atoms with van der Waals surface area (Å²) in [5.74, 6) is 0.286. The molecular weight excluding hydrogens is 254 g/mol. The maximum absolute atomic E-state index is 12.4. The number of nitrogens with zero attached hydrogens (tertiary/aromatic N) is 1. The van der Waals surface area contributed by atoms with Gasteiger partial charge < -0.3 is 0 Å². The molecule has 0 aromatic carbocycles. The number of rotatable bonds is 4. The van der Waals surface area contributed by atoms with E-state index in [1.54, 1.807) is 11.3 Å². The molecule has 106 valence electrons. The molecular formula is C16H25NOS. The van der Waals surface area contributed by atoms with Gasteiger partial charge in [-0.15, -0.1) is 11.3 Å². The van der Waals surface area contributed by atoms with E-state index in [-0.39, 0.29) is 5.78 Å². The molecule has 1 aliphatic rings. The summed E-state index contributed by atoms with van der Waals surface area (Å²) in [5.41, 5.74) is 0.933. The van der Waals surface area contributed by atoms with E-state index in [0.29, 0.717) is 12.6 Å². The lowest BCUT2D eigenvalue weighted by molar-refractivity contribution is 0.0912. The van der Waals surface area contributed by atoms with Crippen LogP contribution in [-0.4, -0.2) is 30.3 Å². The minimum atomic E-state index is 0.286. The van der Waals surface area contributed by atoms with Gasteiger partial charge in [0.25, 0.3) is 0 Å². The number of likely N-dealkylation sites (N-methyl/N-ethyl adjacent to an activating group) is 1. The summed E-state index contributed by atoms with van der Waals surface area (Å²) < 4.78 is 0. The Hall–Kier alpha value is -0.670. The molecule has 1 aliphatic carbocycles. The fourth-order valence-electron chi connectivity index (χ4n) is 3.05. The summed E-state index contributed by atoms with van der Waals surface area (Å²) in [6.07, 6.45) is 7.87. The van der Waals surface area contributed by atoms with Gasteiger partial charge in [0.15, 0.2) is 5.78 Å². The summed E-state index contributed by atoms with van der Waals surface area (Å²) in [6.45, 7) is 4.70. The van der Waals surface area contributed by atoms with Gasteiger partial charge in [0.05, 0.1) is 6.54 Å². The summed E-state index contributed by atoms with van der Waals surface area (Å²) in [4.78, 5) is 17.1. The smallest absolute Gasteiger partial charge is 0.177 e. The van der Waals surface area contributed by atoms with E-state index in [9.17, 15) is 4.79 Å². The second kappa shape index (κ2) is 6.67. The Kier molecular flexibility index (Phi) is 5.17. The average Bonchev–Trinajstić information content (AvgIpc) is 2.58. The Labute approximate surface area is 120 Å². The predicted octanol–water partition coefficient (Wildman–Crippen LogP) is 4.20. The first-order valence-corrected chi connectivity index (χ1v) is 8.20. The first kappa shape index (κ1) is 14.7. The Bertz CT molecular complexity index is 430. The molecule has 0 N–H and O–H groups in total. The average molecular weight is 279 g/mol. The number of Topliss-reactive ketones (excluding diaryl/α,β-unsaturated/α-hetero) is 1. The zero-order chi connectivity index (χ0) is 13.8. The van der Waals surface area contributed by atoms with Crippen molar-refractivity contribution in [2.24, 2.45) is 0 Å². The van der Waals surface area contributed by atoms with Gasteiger partial charge in [-0.1, -0.05) is 25.7 Å². The second-order valence-corrected chi connectivity index (χ2v) is 7.27. The number of hydrogen-bond acceptors (Lipinski definition) is 3. The van der Waals surface area contributed by atoms with Crippen molar-refractivity contribution in [2.75, 3.05) is 13.6 Å². The predicted molar refractivity (Wildman–Crippen MR) is 82.2 cm³/mol. The van der Waals surface area contributed by atoms with Gasteiger partial charge in [0.1, 0.15) is 0 Å². The zero-order valence-electron chi connectivity index (χ0n) is 12.4. The van der Waals surface area contributed by atoms with Crippen LogP contribution in [0.4, 0.5) is 0 Å². The molecule has 1 saturated carbocycles. The standard InChI is InChI=1S/C16H25NOS/c1-12-10-15(13(2)19-12)16(18)11-17(3)14-8-6-4-5-7-9-14/h10,14H,4-9,11H2,1-3H3. The van der Waals surface area contributed by atoms with Gasteiger partial charge in [0.2, 0.25) is 0 Å². The van der Waals surface area contributed by atoms with Crippen LogP contribution in [0.25, 0.3) is 0 Å². The minimum Gasteiger partial charge on any atom is -0.296 e. The maximum Gasteiger partial charge on any atom is 0.177 e. The summed E-state index contributed by atoms with van der Waals surface area (Å²) in [5, 5.41) is 0. The summed E-state index contributed by atoms with van der Waals surface area (Å²) >= 11 is 1.72. The van der Waals surface area contributed by atoms with E-state index in [1.165, 1.54) is 43.4 Å². The molecule has 0 unspecified atom stereocenters. The van der Waals surface area contributed by atoms with Gasteiger partial charge in [-0.3, -0.25) is 9.69 Å². The lowest BCUT2D eigenvalue weighted by Crippen LogP contribution is -2.35. The van der Waals surface area contributed by atoms with Crippen molar-refractivity contribution in [3.8, 4) is 0 Å². The Balaban J connectivity index is 1.96. The molecule has 1 fully saturated rings. The van der Waals surface area contributed by atoms with Gasteiger partial charge in [-0.25, -0.2) is 0 Å². The van der Waals surface area contributed by atoms with Gasteiger partial charge in [-0.05, 0) is 39.8 Å². The zero-order valence-corrected chi connectivity index (χ0v) is 13.2. The number of carbonyl (C=O) groups excluding carboxylic acids is 1. The third-order valence-electron chi connectivity index (χ3n) is 4.18. The number of ketones is 1. The molecule has 1 aromatic rings. The molecule has 2 rings (SSSR count). The highest BCUT2D eigenvalue weighted by Gasteiger charge is 2.20. The molecule has 0 bridgehead atoms. The van der Waals surface area contributed by atoms with Crippen LogP contribution in [0.5, 0.6) is 0 Å². The molecule has 19 heavy (non-hydrogen) atoms. The van der Waals surface area contributed by atoms with Crippen molar-refractivity contribution in [3.63, 3.8) is 0 Å². The van der Waals surface area contributed by atoms with Crippen molar-refractivity contribution >= 4 is 17.1 Å². The van der Waals surface area contributed by atoms with Gasteiger partial charge >= 0.3 is 0 Å². The largest absolute Gasteiger partial charge is 0.296 e. The fourth-order valence-corrected chi connectivity index (χ4v) is 3.99. The van der Waals surface area contributed by atoms with Crippen LogP contribution in [0.3, 0.4) is 0 Å². The number of hydrogen-bond donors (Lipinski definition) is 0. The second-order valence-electron chi connectivity index (χ2n) is 5.81. The highest BCUT2D eigenvalue weighted by Crippen LogP contribution is 2.23. The van der Waals surface area contributed by atoms with Crippen LogP contribution in [0.1, 0.15) is 58.6 Å². The van der Waals surface area contributed by atoms with Crippen molar-refractivity contribution in [1.82, 2.24) is 4.90 Å². The Morgan fingerprint density at radius 3 is 2.42 bits per heavy atom. The SMILES string of the molecule is Cc1cc(C(=O)CN(C)C2CCCCCC2)c(C)s1. The van der Waals surface area contributed by atoms with E-state index >= 15 is 0 Å². The summed E-state index contributed by atoms with van der Waals surface area (Å²) in [7, 11) is 2.11. The minimum absolute atomic E-state index is 0.286.